The molecule has 0 radical (unpaired) electrons. The molecule has 140 valence electrons. The fourth-order valence-electron chi connectivity index (χ4n) is 2.93. The Bertz CT molecular complexity index is 1190. The second-order valence-electron chi connectivity index (χ2n) is 6.25. The van der Waals surface area contributed by atoms with E-state index in [0.717, 1.165) is 5.56 Å². The van der Waals surface area contributed by atoms with Crippen molar-refractivity contribution in [3.8, 4) is 11.6 Å². The molecule has 0 spiro atoms. The van der Waals surface area contributed by atoms with Crippen LogP contribution in [0, 0.1) is 12.7 Å². The maximum Gasteiger partial charge on any atom is 0.249 e. The zero-order valence-corrected chi connectivity index (χ0v) is 14.9. The van der Waals surface area contributed by atoms with Crippen LogP contribution in [0.5, 0.6) is 0 Å². The molecule has 0 aliphatic heterocycles. The predicted molar refractivity (Wildman–Crippen MR) is 102 cm³/mol. The molecule has 0 atom stereocenters. The van der Waals surface area contributed by atoms with Gasteiger partial charge in [-0.25, -0.2) is 9.37 Å². The monoisotopic (exact) mass is 377 g/mol. The third kappa shape index (κ3) is 3.27. The molecule has 2 aromatic heterocycles. The number of nitrogens with two attached hydrogens (primary N) is 1. The highest BCUT2D eigenvalue weighted by molar-refractivity contribution is 6.08. The Morgan fingerprint density at radius 3 is 2.79 bits per heavy atom. The minimum Gasteiger partial charge on any atom is -0.460 e. The SMILES string of the molecule is Cc1nnc(-c2occ3c(C(N)=O)cccc23)nc1NCc1cccc(F)c1. The zero-order chi connectivity index (χ0) is 19.7. The van der Waals surface area contributed by atoms with Gasteiger partial charge in [0.1, 0.15) is 17.8 Å². The van der Waals surface area contributed by atoms with E-state index >= 15 is 0 Å². The standard InChI is InChI=1S/C20H16FN5O2/c1-11-19(23-9-12-4-2-5-13(21)8-12)24-20(26-25-11)17-14-6-3-7-15(18(22)27)16(14)10-28-17/h2-8,10H,9H2,1H3,(H2,22,27)(H,23,24,26). The molecule has 4 aromatic rings. The molecule has 0 aliphatic rings. The summed E-state index contributed by atoms with van der Waals surface area (Å²) in [4.78, 5) is 16.1. The highest BCUT2D eigenvalue weighted by Gasteiger charge is 2.17. The quantitative estimate of drug-likeness (QED) is 0.552. The van der Waals surface area contributed by atoms with Gasteiger partial charge in [0.2, 0.25) is 11.7 Å². The lowest BCUT2D eigenvalue weighted by molar-refractivity contribution is 0.100. The fraction of sp³-hybridized carbons (Fsp3) is 0.100. The van der Waals surface area contributed by atoms with E-state index in [1.165, 1.54) is 18.4 Å². The van der Waals surface area contributed by atoms with Crippen molar-refractivity contribution in [2.75, 3.05) is 5.32 Å². The van der Waals surface area contributed by atoms with Crippen molar-refractivity contribution in [3.05, 3.63) is 71.4 Å². The first kappa shape index (κ1) is 17.6. The second-order valence-corrected chi connectivity index (χ2v) is 6.25. The zero-order valence-electron chi connectivity index (χ0n) is 14.9. The Balaban J connectivity index is 1.68. The van der Waals surface area contributed by atoms with Gasteiger partial charge in [0.15, 0.2) is 11.6 Å². The summed E-state index contributed by atoms with van der Waals surface area (Å²) < 4.78 is 19.0. The molecule has 0 unspecified atom stereocenters. The summed E-state index contributed by atoms with van der Waals surface area (Å²) in [6.45, 7) is 2.14. The van der Waals surface area contributed by atoms with Crippen LogP contribution in [-0.4, -0.2) is 21.1 Å². The van der Waals surface area contributed by atoms with Gasteiger partial charge >= 0.3 is 0 Å². The Morgan fingerprint density at radius 2 is 2.00 bits per heavy atom. The molecule has 4 rings (SSSR count). The van der Waals surface area contributed by atoms with Crippen molar-refractivity contribution >= 4 is 22.5 Å². The van der Waals surface area contributed by atoms with E-state index in [1.54, 1.807) is 31.2 Å². The summed E-state index contributed by atoms with van der Waals surface area (Å²) >= 11 is 0. The van der Waals surface area contributed by atoms with Crippen LogP contribution in [0.15, 0.2) is 53.1 Å². The predicted octanol–water partition coefficient (Wildman–Crippen LogP) is 3.44. The highest BCUT2D eigenvalue weighted by Crippen LogP contribution is 2.31. The fourth-order valence-corrected chi connectivity index (χ4v) is 2.93. The molecule has 0 saturated carbocycles. The average Bonchev–Trinajstić information content (AvgIpc) is 3.11. The van der Waals surface area contributed by atoms with Crippen molar-refractivity contribution in [1.82, 2.24) is 15.2 Å². The highest BCUT2D eigenvalue weighted by atomic mass is 19.1. The van der Waals surface area contributed by atoms with E-state index in [9.17, 15) is 9.18 Å². The number of rotatable bonds is 5. The lowest BCUT2D eigenvalue weighted by atomic mass is 10.1. The first-order valence-corrected chi connectivity index (χ1v) is 8.53. The lowest BCUT2D eigenvalue weighted by Gasteiger charge is -2.08. The van der Waals surface area contributed by atoms with E-state index in [4.69, 9.17) is 10.2 Å². The van der Waals surface area contributed by atoms with Crippen molar-refractivity contribution in [2.24, 2.45) is 5.73 Å². The number of furan rings is 1. The van der Waals surface area contributed by atoms with E-state index in [-0.39, 0.29) is 11.6 Å². The Kier molecular flexibility index (Phi) is 4.44. The summed E-state index contributed by atoms with van der Waals surface area (Å²) in [7, 11) is 0. The van der Waals surface area contributed by atoms with Crippen molar-refractivity contribution in [3.63, 3.8) is 0 Å². The van der Waals surface area contributed by atoms with Gasteiger partial charge in [-0.2, -0.15) is 0 Å². The molecule has 3 N–H and O–H groups in total. The molecule has 28 heavy (non-hydrogen) atoms. The summed E-state index contributed by atoms with van der Waals surface area (Å²) in [6.07, 6.45) is 1.45. The molecule has 8 heteroatoms. The molecule has 7 nitrogen and oxygen atoms in total. The van der Waals surface area contributed by atoms with Crippen LogP contribution in [0.2, 0.25) is 0 Å². The van der Waals surface area contributed by atoms with Crippen molar-refractivity contribution in [1.29, 1.82) is 0 Å². The van der Waals surface area contributed by atoms with Crippen LogP contribution in [0.1, 0.15) is 21.6 Å². The number of primary amides is 1. The molecule has 0 fully saturated rings. The summed E-state index contributed by atoms with van der Waals surface area (Å²) in [5.41, 5.74) is 7.14. The number of carbonyl (C=O) groups excluding carboxylic acids is 1. The smallest absolute Gasteiger partial charge is 0.249 e. The van der Waals surface area contributed by atoms with Crippen LogP contribution >= 0.6 is 0 Å². The molecule has 0 bridgehead atoms. The molecule has 2 heterocycles. The minimum atomic E-state index is -0.543. The molecule has 0 aliphatic carbocycles. The van der Waals surface area contributed by atoms with E-state index in [1.807, 2.05) is 6.07 Å². The number of aromatic nitrogens is 3. The number of benzene rings is 2. The van der Waals surface area contributed by atoms with Crippen LogP contribution in [-0.2, 0) is 6.54 Å². The third-order valence-corrected chi connectivity index (χ3v) is 4.32. The second kappa shape index (κ2) is 7.07. The van der Waals surface area contributed by atoms with Crippen molar-refractivity contribution < 1.29 is 13.6 Å². The maximum atomic E-state index is 13.3. The molecule has 2 aromatic carbocycles. The number of fused-ring (bicyclic) bond motifs is 1. The van der Waals surface area contributed by atoms with Crippen LogP contribution in [0.4, 0.5) is 10.2 Å². The van der Waals surface area contributed by atoms with Crippen molar-refractivity contribution in [2.45, 2.75) is 13.5 Å². The Hall–Kier alpha value is -3.81. The molecular weight excluding hydrogens is 361 g/mol. The van der Waals surface area contributed by atoms with Crippen LogP contribution < -0.4 is 11.1 Å². The number of amides is 1. The van der Waals surface area contributed by atoms with E-state index in [0.29, 0.717) is 40.2 Å². The molecular formula is C20H16FN5O2. The summed E-state index contributed by atoms with van der Waals surface area (Å²) in [6, 6.07) is 11.4. The van der Waals surface area contributed by atoms with Gasteiger partial charge in [0.05, 0.1) is 5.56 Å². The molecule has 1 amide bonds. The van der Waals surface area contributed by atoms with Gasteiger partial charge in [-0.05, 0) is 30.7 Å². The number of hydrogen-bond donors (Lipinski definition) is 2. The van der Waals surface area contributed by atoms with Gasteiger partial charge in [-0.3, -0.25) is 4.79 Å². The first-order chi connectivity index (χ1) is 13.5. The number of nitrogens with zero attached hydrogens (tertiary/aromatic N) is 3. The first-order valence-electron chi connectivity index (χ1n) is 8.53. The average molecular weight is 377 g/mol. The van der Waals surface area contributed by atoms with Gasteiger partial charge in [0, 0.05) is 17.3 Å². The van der Waals surface area contributed by atoms with E-state index in [2.05, 4.69) is 20.5 Å². The number of carbonyl (C=O) groups is 1. The van der Waals surface area contributed by atoms with Crippen LogP contribution in [0.25, 0.3) is 22.4 Å². The van der Waals surface area contributed by atoms with Gasteiger partial charge in [-0.15, -0.1) is 10.2 Å². The minimum absolute atomic E-state index is 0.268. The normalized spacial score (nSPS) is 10.9. The third-order valence-electron chi connectivity index (χ3n) is 4.32. The molecule has 0 saturated heterocycles. The van der Waals surface area contributed by atoms with Crippen LogP contribution in [0.3, 0.4) is 0 Å². The number of aryl methyl sites for hydroxylation is 1. The van der Waals surface area contributed by atoms with Gasteiger partial charge in [0.25, 0.3) is 0 Å². The number of anilines is 1. The van der Waals surface area contributed by atoms with Gasteiger partial charge < -0.3 is 15.5 Å². The maximum absolute atomic E-state index is 13.3. The topological polar surface area (TPSA) is 107 Å². The van der Waals surface area contributed by atoms with E-state index < -0.39 is 5.91 Å². The number of hydrogen-bond acceptors (Lipinski definition) is 6. The summed E-state index contributed by atoms with van der Waals surface area (Å²) in [5.74, 6) is 0.316. The number of halogens is 1. The Labute approximate surface area is 159 Å². The number of nitrogens with one attached hydrogen (secondary N) is 1. The Morgan fingerprint density at radius 1 is 1.18 bits per heavy atom. The van der Waals surface area contributed by atoms with Gasteiger partial charge in [-0.1, -0.05) is 24.3 Å². The lowest BCUT2D eigenvalue weighted by Crippen LogP contribution is -2.10. The largest absolute Gasteiger partial charge is 0.460 e. The summed E-state index contributed by atoms with van der Waals surface area (Å²) in [5, 5.41) is 12.6.